The topological polar surface area (TPSA) is 24.5 Å². The van der Waals surface area contributed by atoms with E-state index in [1.807, 2.05) is 0 Å². The van der Waals surface area contributed by atoms with Crippen LogP contribution in [0.15, 0.2) is 24.3 Å². The smallest absolute Gasteiger partial charge is 0.123 e. The van der Waals surface area contributed by atoms with Gasteiger partial charge in [0.2, 0.25) is 0 Å². The molecular weight excluding hydrogens is 248 g/mol. The molecule has 1 aliphatic heterocycles. The third kappa shape index (κ3) is 3.15. The van der Waals surface area contributed by atoms with Crippen molar-refractivity contribution in [2.75, 3.05) is 26.7 Å². The highest BCUT2D eigenvalue weighted by molar-refractivity contribution is 5.33. The van der Waals surface area contributed by atoms with Crippen LogP contribution in [-0.4, -0.2) is 37.7 Å². The Labute approximate surface area is 122 Å². The predicted molar refractivity (Wildman–Crippen MR) is 82.0 cm³/mol. The van der Waals surface area contributed by atoms with Crippen molar-refractivity contribution >= 4 is 0 Å². The Bertz CT molecular complexity index is 435. The first-order chi connectivity index (χ1) is 9.86. The molecule has 1 aromatic rings. The fourth-order valence-corrected chi connectivity index (χ4v) is 3.68. The maximum absolute atomic E-state index is 5.84. The summed E-state index contributed by atoms with van der Waals surface area (Å²) >= 11 is 0. The Morgan fingerprint density at radius 3 is 3.10 bits per heavy atom. The van der Waals surface area contributed by atoms with Crippen molar-refractivity contribution in [2.45, 2.75) is 38.3 Å². The normalized spacial score (nSPS) is 26.9. The molecule has 110 valence electrons. The van der Waals surface area contributed by atoms with E-state index in [1.54, 1.807) is 0 Å². The third-order valence-electron chi connectivity index (χ3n) is 4.88. The number of nitrogens with zero attached hydrogens (tertiary/aromatic N) is 1. The van der Waals surface area contributed by atoms with Crippen LogP contribution in [0.1, 0.15) is 31.2 Å². The summed E-state index contributed by atoms with van der Waals surface area (Å²) in [5, 5.41) is 3.49. The van der Waals surface area contributed by atoms with Gasteiger partial charge in [-0.2, -0.15) is 0 Å². The average Bonchev–Trinajstić information content (AvgIpc) is 2.83. The zero-order valence-corrected chi connectivity index (χ0v) is 12.5. The second kappa shape index (κ2) is 6.59. The van der Waals surface area contributed by atoms with Crippen LogP contribution in [0.25, 0.3) is 0 Å². The summed E-state index contributed by atoms with van der Waals surface area (Å²) < 4.78 is 5.84. The predicted octanol–water partition coefficient (Wildman–Crippen LogP) is 2.66. The molecular formula is C17H26N2O. The van der Waals surface area contributed by atoms with E-state index in [-0.39, 0.29) is 0 Å². The maximum atomic E-state index is 5.84. The van der Waals surface area contributed by atoms with Crippen molar-refractivity contribution < 1.29 is 4.74 Å². The minimum Gasteiger partial charge on any atom is -0.492 e. The van der Waals surface area contributed by atoms with Gasteiger partial charge in [0.15, 0.2) is 0 Å². The van der Waals surface area contributed by atoms with Gasteiger partial charge in [-0.25, -0.2) is 0 Å². The van der Waals surface area contributed by atoms with Gasteiger partial charge >= 0.3 is 0 Å². The fourth-order valence-electron chi connectivity index (χ4n) is 3.68. The third-order valence-corrected chi connectivity index (χ3v) is 4.88. The molecule has 3 heteroatoms. The molecule has 0 bridgehead atoms. The molecule has 1 heterocycles. The molecule has 20 heavy (non-hydrogen) atoms. The van der Waals surface area contributed by atoms with Gasteiger partial charge in [-0.3, -0.25) is 4.90 Å². The number of para-hydroxylation sites is 1. The van der Waals surface area contributed by atoms with Gasteiger partial charge in [0.05, 0.1) is 0 Å². The van der Waals surface area contributed by atoms with Crippen molar-refractivity contribution in [1.29, 1.82) is 0 Å². The van der Waals surface area contributed by atoms with Crippen LogP contribution >= 0.6 is 0 Å². The van der Waals surface area contributed by atoms with E-state index in [2.05, 4.69) is 41.5 Å². The monoisotopic (exact) mass is 274 g/mol. The average molecular weight is 274 g/mol. The van der Waals surface area contributed by atoms with Crippen molar-refractivity contribution in [1.82, 2.24) is 10.2 Å². The maximum Gasteiger partial charge on any atom is 0.123 e. The van der Waals surface area contributed by atoms with Gasteiger partial charge in [0.25, 0.3) is 0 Å². The van der Waals surface area contributed by atoms with Crippen molar-refractivity contribution in [3.05, 3.63) is 29.8 Å². The minimum atomic E-state index is 0.741. The van der Waals surface area contributed by atoms with Crippen molar-refractivity contribution in [3.8, 4) is 5.75 Å². The molecule has 0 saturated heterocycles. The molecule has 3 nitrogen and oxygen atoms in total. The Hall–Kier alpha value is -1.06. The molecule has 0 amide bonds. The summed E-state index contributed by atoms with van der Waals surface area (Å²) in [5.74, 6) is 1.93. The molecule has 0 spiro atoms. The van der Waals surface area contributed by atoms with Crippen LogP contribution in [-0.2, 0) is 6.54 Å². The van der Waals surface area contributed by atoms with Crippen LogP contribution < -0.4 is 10.1 Å². The van der Waals surface area contributed by atoms with E-state index in [4.69, 9.17) is 4.74 Å². The number of nitrogens with one attached hydrogen (secondary N) is 1. The molecule has 2 unspecified atom stereocenters. The summed E-state index contributed by atoms with van der Waals surface area (Å²) in [6.45, 7) is 4.09. The van der Waals surface area contributed by atoms with Gasteiger partial charge in [-0.15, -0.1) is 0 Å². The van der Waals surface area contributed by atoms with E-state index < -0.39 is 0 Å². The van der Waals surface area contributed by atoms with Crippen LogP contribution in [0.3, 0.4) is 0 Å². The number of rotatable bonds is 4. The Morgan fingerprint density at radius 2 is 2.20 bits per heavy atom. The van der Waals surface area contributed by atoms with Crippen LogP contribution in [0.4, 0.5) is 0 Å². The summed E-state index contributed by atoms with van der Waals surface area (Å²) in [6.07, 6.45) is 5.45. The first-order valence-electron chi connectivity index (χ1n) is 7.97. The number of hydrogen-bond donors (Lipinski definition) is 1. The van der Waals surface area contributed by atoms with Crippen molar-refractivity contribution in [3.63, 3.8) is 0 Å². The van der Waals surface area contributed by atoms with Gasteiger partial charge in [-0.1, -0.05) is 24.6 Å². The Balaban J connectivity index is 1.56. The van der Waals surface area contributed by atoms with E-state index in [9.17, 15) is 0 Å². The van der Waals surface area contributed by atoms with Gasteiger partial charge in [0, 0.05) is 24.7 Å². The zero-order chi connectivity index (χ0) is 13.8. The number of benzene rings is 1. The molecule has 2 atom stereocenters. The van der Waals surface area contributed by atoms with E-state index in [1.165, 1.54) is 37.8 Å². The molecule has 1 saturated carbocycles. The standard InChI is InChI=1S/C17H26N2O/c1-18-16-7-4-6-14(16)9-10-19-11-12-20-17-8-3-2-5-15(17)13-19/h2-3,5,8,14,16,18H,4,6-7,9-13H2,1H3. The first-order valence-corrected chi connectivity index (χ1v) is 7.97. The zero-order valence-electron chi connectivity index (χ0n) is 12.5. The quantitative estimate of drug-likeness (QED) is 0.913. The molecule has 0 aromatic heterocycles. The lowest BCUT2D eigenvalue weighted by Crippen LogP contribution is -2.33. The van der Waals surface area contributed by atoms with Gasteiger partial charge in [-0.05, 0) is 44.8 Å². The number of hydrogen-bond acceptors (Lipinski definition) is 3. The molecule has 1 N–H and O–H groups in total. The highest BCUT2D eigenvalue weighted by atomic mass is 16.5. The molecule has 3 rings (SSSR count). The molecule has 1 aromatic carbocycles. The highest BCUT2D eigenvalue weighted by Crippen LogP contribution is 2.29. The minimum absolute atomic E-state index is 0.741. The summed E-state index contributed by atoms with van der Waals surface area (Å²) in [4.78, 5) is 2.55. The van der Waals surface area contributed by atoms with E-state index in [0.29, 0.717) is 0 Å². The lowest BCUT2D eigenvalue weighted by molar-refractivity contribution is 0.208. The lowest BCUT2D eigenvalue weighted by Gasteiger charge is -2.24. The molecule has 2 aliphatic rings. The number of fused-ring (bicyclic) bond motifs is 1. The van der Waals surface area contributed by atoms with Crippen LogP contribution in [0, 0.1) is 5.92 Å². The second-order valence-electron chi connectivity index (χ2n) is 6.11. The second-order valence-corrected chi connectivity index (χ2v) is 6.11. The van der Waals surface area contributed by atoms with Gasteiger partial charge in [0.1, 0.15) is 12.4 Å². The Morgan fingerprint density at radius 1 is 1.30 bits per heavy atom. The molecule has 1 aliphatic carbocycles. The van der Waals surface area contributed by atoms with Crippen LogP contribution in [0.2, 0.25) is 0 Å². The molecule has 0 radical (unpaired) electrons. The first kappa shape index (κ1) is 13.9. The van der Waals surface area contributed by atoms with Gasteiger partial charge < -0.3 is 10.1 Å². The fraction of sp³-hybridized carbons (Fsp3) is 0.647. The van der Waals surface area contributed by atoms with E-state index in [0.717, 1.165) is 37.4 Å². The SMILES string of the molecule is CNC1CCCC1CCN1CCOc2ccccc2C1. The highest BCUT2D eigenvalue weighted by Gasteiger charge is 2.26. The van der Waals surface area contributed by atoms with E-state index >= 15 is 0 Å². The lowest BCUT2D eigenvalue weighted by atomic mass is 9.99. The molecule has 1 fully saturated rings. The summed E-state index contributed by atoms with van der Waals surface area (Å²) in [5.41, 5.74) is 1.33. The number of ether oxygens (including phenoxy) is 1. The summed E-state index contributed by atoms with van der Waals surface area (Å²) in [7, 11) is 2.11. The largest absolute Gasteiger partial charge is 0.492 e. The van der Waals surface area contributed by atoms with Crippen LogP contribution in [0.5, 0.6) is 5.75 Å². The Kier molecular flexibility index (Phi) is 4.58. The van der Waals surface area contributed by atoms with Crippen molar-refractivity contribution in [2.24, 2.45) is 5.92 Å². The summed E-state index contributed by atoms with van der Waals surface area (Å²) in [6, 6.07) is 9.20.